The Morgan fingerprint density at radius 3 is 2.25 bits per heavy atom. The van der Waals surface area contributed by atoms with Crippen molar-refractivity contribution >= 4 is 48.2 Å². The first-order valence-electron chi connectivity index (χ1n) is 7.43. The van der Waals surface area contributed by atoms with Gasteiger partial charge < -0.3 is 19.6 Å². The second-order valence-corrected chi connectivity index (χ2v) is 6.83. The van der Waals surface area contributed by atoms with Gasteiger partial charge in [0, 0.05) is 31.9 Å². The van der Waals surface area contributed by atoms with Gasteiger partial charge in [0.2, 0.25) is 0 Å². The molecule has 1 fully saturated rings. The first-order chi connectivity index (χ1) is 10.7. The standard InChI is InChI=1S/C16H21ClN2O4.Li.H/c1-16(2,3)23-15(22)19-8-6-18(7-9-19)11-4-5-13(17)12(10-11)14(20)21;;/h4-5,10H,6-9H2,1-3H3,(H,20,21);;. The number of ether oxygens (including phenoxy) is 1. The topological polar surface area (TPSA) is 70.1 Å². The number of carboxylic acid groups (broad SMARTS) is 1. The van der Waals surface area contributed by atoms with Crippen LogP contribution in [-0.2, 0) is 4.74 Å². The molecule has 0 aromatic heterocycles. The van der Waals surface area contributed by atoms with E-state index in [9.17, 15) is 9.59 Å². The fourth-order valence-electron chi connectivity index (χ4n) is 2.35. The Balaban J connectivity index is 0.00000288. The number of nitrogens with zero attached hydrogens (tertiary/aromatic N) is 2. The van der Waals surface area contributed by atoms with Gasteiger partial charge in [-0.2, -0.15) is 0 Å². The summed E-state index contributed by atoms with van der Waals surface area (Å²) in [5.41, 5.74) is 0.357. The molecule has 0 spiro atoms. The molecule has 1 amide bonds. The van der Waals surface area contributed by atoms with E-state index in [2.05, 4.69) is 0 Å². The van der Waals surface area contributed by atoms with Crippen LogP contribution in [-0.4, -0.2) is 72.7 Å². The SMILES string of the molecule is CC(C)(C)OC(=O)N1CCN(c2ccc(Cl)c(C(=O)O)c2)CC1.[LiH]. The molecule has 0 bridgehead atoms. The van der Waals surface area contributed by atoms with Crippen LogP contribution in [0.15, 0.2) is 18.2 Å². The van der Waals surface area contributed by atoms with Gasteiger partial charge >= 0.3 is 30.9 Å². The molecule has 0 unspecified atom stereocenters. The predicted molar refractivity (Wildman–Crippen MR) is 95.6 cm³/mol. The molecule has 0 saturated carbocycles. The van der Waals surface area contributed by atoms with Gasteiger partial charge in [-0.1, -0.05) is 11.6 Å². The van der Waals surface area contributed by atoms with Crippen molar-refractivity contribution < 1.29 is 19.4 Å². The van der Waals surface area contributed by atoms with E-state index in [1.807, 2.05) is 25.7 Å². The Labute approximate surface area is 158 Å². The maximum absolute atomic E-state index is 12.0. The second-order valence-electron chi connectivity index (χ2n) is 6.42. The van der Waals surface area contributed by atoms with E-state index in [-0.39, 0.29) is 35.5 Å². The van der Waals surface area contributed by atoms with Crippen LogP contribution >= 0.6 is 11.6 Å². The van der Waals surface area contributed by atoms with Gasteiger partial charge in [0.25, 0.3) is 0 Å². The van der Waals surface area contributed by atoms with Crippen molar-refractivity contribution in [1.82, 2.24) is 4.90 Å². The molecule has 1 aliphatic heterocycles. The van der Waals surface area contributed by atoms with Crippen molar-refractivity contribution in [2.24, 2.45) is 0 Å². The number of carbonyl (C=O) groups is 2. The van der Waals surface area contributed by atoms with E-state index < -0.39 is 11.6 Å². The third-order valence-electron chi connectivity index (χ3n) is 3.48. The minimum atomic E-state index is -1.05. The monoisotopic (exact) mass is 348 g/mol. The zero-order valence-electron chi connectivity index (χ0n) is 13.5. The van der Waals surface area contributed by atoms with Gasteiger partial charge in [0.15, 0.2) is 0 Å². The van der Waals surface area contributed by atoms with Gasteiger partial charge in [0.05, 0.1) is 10.6 Å². The zero-order chi connectivity index (χ0) is 17.2. The van der Waals surface area contributed by atoms with Crippen LogP contribution in [0.1, 0.15) is 31.1 Å². The number of rotatable bonds is 2. The Bertz CT molecular complexity index is 611. The Morgan fingerprint density at radius 1 is 1.17 bits per heavy atom. The molecule has 1 aliphatic rings. The van der Waals surface area contributed by atoms with E-state index in [0.29, 0.717) is 26.2 Å². The fourth-order valence-corrected chi connectivity index (χ4v) is 2.55. The number of anilines is 1. The number of piperazine rings is 1. The Kier molecular flexibility index (Phi) is 7.03. The van der Waals surface area contributed by atoms with Crippen molar-refractivity contribution in [2.75, 3.05) is 31.1 Å². The molecule has 8 heteroatoms. The van der Waals surface area contributed by atoms with Crippen LogP contribution in [0.4, 0.5) is 10.5 Å². The number of benzene rings is 1. The average Bonchev–Trinajstić information content (AvgIpc) is 2.46. The summed E-state index contributed by atoms with van der Waals surface area (Å²) in [6, 6.07) is 4.94. The Hall–Kier alpha value is -1.35. The van der Waals surface area contributed by atoms with Crippen LogP contribution in [0.2, 0.25) is 5.02 Å². The molecule has 1 N–H and O–H groups in total. The zero-order valence-corrected chi connectivity index (χ0v) is 14.3. The molecular weight excluding hydrogens is 327 g/mol. The summed E-state index contributed by atoms with van der Waals surface area (Å²) in [5.74, 6) is -1.05. The molecule has 1 aromatic rings. The third kappa shape index (κ3) is 5.34. The van der Waals surface area contributed by atoms with E-state index in [1.165, 1.54) is 0 Å². The molecule has 1 heterocycles. The van der Waals surface area contributed by atoms with Crippen molar-refractivity contribution in [2.45, 2.75) is 26.4 Å². The maximum atomic E-state index is 12.0. The number of amides is 1. The van der Waals surface area contributed by atoms with Crippen LogP contribution in [0.3, 0.4) is 0 Å². The molecule has 6 nitrogen and oxygen atoms in total. The number of hydrogen-bond donors (Lipinski definition) is 1. The predicted octanol–water partition coefficient (Wildman–Crippen LogP) is 2.45. The number of aromatic carboxylic acids is 1. The van der Waals surface area contributed by atoms with Crippen LogP contribution in [0.25, 0.3) is 0 Å². The van der Waals surface area contributed by atoms with Crippen molar-refractivity contribution in [3.05, 3.63) is 28.8 Å². The second kappa shape index (κ2) is 8.15. The van der Waals surface area contributed by atoms with Crippen molar-refractivity contribution in [3.63, 3.8) is 0 Å². The molecule has 24 heavy (non-hydrogen) atoms. The number of carboxylic acids is 1. The summed E-state index contributed by atoms with van der Waals surface area (Å²) < 4.78 is 5.36. The number of halogens is 1. The quantitative estimate of drug-likeness (QED) is 0.831. The molecule has 0 atom stereocenters. The van der Waals surface area contributed by atoms with Crippen LogP contribution in [0.5, 0.6) is 0 Å². The molecule has 1 aromatic carbocycles. The summed E-state index contributed by atoms with van der Waals surface area (Å²) in [4.78, 5) is 26.9. The normalized spacial score (nSPS) is 14.8. The molecule has 2 rings (SSSR count). The average molecular weight is 349 g/mol. The minimum absolute atomic E-state index is 0. The van der Waals surface area contributed by atoms with Gasteiger partial charge in [-0.05, 0) is 39.0 Å². The van der Waals surface area contributed by atoms with E-state index in [0.717, 1.165) is 5.69 Å². The van der Waals surface area contributed by atoms with Crippen molar-refractivity contribution in [3.8, 4) is 0 Å². The molecule has 0 aliphatic carbocycles. The van der Waals surface area contributed by atoms with Gasteiger partial charge in [0.1, 0.15) is 5.60 Å². The first-order valence-corrected chi connectivity index (χ1v) is 7.81. The summed E-state index contributed by atoms with van der Waals surface area (Å²) in [7, 11) is 0. The summed E-state index contributed by atoms with van der Waals surface area (Å²) in [6.07, 6.45) is -0.320. The van der Waals surface area contributed by atoms with Crippen LogP contribution in [0, 0.1) is 0 Å². The summed E-state index contributed by atoms with van der Waals surface area (Å²) in [6.45, 7) is 7.78. The Morgan fingerprint density at radius 2 is 1.75 bits per heavy atom. The van der Waals surface area contributed by atoms with E-state index in [1.54, 1.807) is 23.1 Å². The van der Waals surface area contributed by atoms with Gasteiger partial charge in [-0.25, -0.2) is 9.59 Å². The van der Waals surface area contributed by atoms with Gasteiger partial charge in [-0.3, -0.25) is 0 Å². The molecule has 1 saturated heterocycles. The van der Waals surface area contributed by atoms with Crippen molar-refractivity contribution in [1.29, 1.82) is 0 Å². The van der Waals surface area contributed by atoms with Crippen LogP contribution < -0.4 is 4.90 Å². The van der Waals surface area contributed by atoms with E-state index in [4.69, 9.17) is 21.4 Å². The summed E-state index contributed by atoms with van der Waals surface area (Å²) >= 11 is 5.89. The first kappa shape index (κ1) is 20.7. The fraction of sp³-hybridized carbons (Fsp3) is 0.500. The third-order valence-corrected chi connectivity index (χ3v) is 3.81. The number of carbonyl (C=O) groups excluding carboxylic acids is 1. The molecule has 128 valence electrons. The summed E-state index contributed by atoms with van der Waals surface area (Å²) in [5, 5.41) is 9.36. The van der Waals surface area contributed by atoms with E-state index >= 15 is 0 Å². The van der Waals surface area contributed by atoms with Gasteiger partial charge in [-0.15, -0.1) is 0 Å². The number of hydrogen-bond acceptors (Lipinski definition) is 4. The molecular formula is C16H22ClLiN2O4. The molecule has 0 radical (unpaired) electrons.